The van der Waals surface area contributed by atoms with Gasteiger partial charge in [-0.1, -0.05) is 18.2 Å². The van der Waals surface area contributed by atoms with Crippen molar-refractivity contribution in [3.8, 4) is 0 Å². The standard InChI is InChI=1S/C13H15NS2/c1-14-13(11-7-8-15-9-11)10-16-12-5-3-2-4-6-12/h2-9,13-14H,10H2,1H3. The van der Waals surface area contributed by atoms with Crippen LogP contribution in [0.25, 0.3) is 0 Å². The van der Waals surface area contributed by atoms with E-state index in [9.17, 15) is 0 Å². The van der Waals surface area contributed by atoms with E-state index in [0.29, 0.717) is 6.04 Å². The minimum absolute atomic E-state index is 0.441. The van der Waals surface area contributed by atoms with Crippen molar-refractivity contribution in [1.29, 1.82) is 0 Å². The number of nitrogens with one attached hydrogen (secondary N) is 1. The fraction of sp³-hybridized carbons (Fsp3) is 0.231. The number of thioether (sulfide) groups is 1. The maximum atomic E-state index is 3.36. The molecule has 0 amide bonds. The molecule has 0 bridgehead atoms. The van der Waals surface area contributed by atoms with Gasteiger partial charge in [-0.15, -0.1) is 11.8 Å². The van der Waals surface area contributed by atoms with Gasteiger partial charge in [-0.05, 0) is 41.6 Å². The molecule has 3 heteroatoms. The monoisotopic (exact) mass is 249 g/mol. The molecule has 0 saturated carbocycles. The Bertz CT molecular complexity index is 397. The third kappa shape index (κ3) is 3.11. The van der Waals surface area contributed by atoms with E-state index < -0.39 is 0 Å². The van der Waals surface area contributed by atoms with Crippen LogP contribution in [-0.4, -0.2) is 12.8 Å². The molecule has 1 unspecified atom stereocenters. The van der Waals surface area contributed by atoms with Crippen LogP contribution in [0.1, 0.15) is 11.6 Å². The highest BCUT2D eigenvalue weighted by molar-refractivity contribution is 7.99. The van der Waals surface area contributed by atoms with Crippen molar-refractivity contribution in [2.75, 3.05) is 12.8 Å². The van der Waals surface area contributed by atoms with Gasteiger partial charge < -0.3 is 5.32 Å². The highest BCUT2D eigenvalue weighted by Crippen LogP contribution is 2.25. The predicted molar refractivity (Wildman–Crippen MR) is 73.3 cm³/mol. The van der Waals surface area contributed by atoms with Crippen LogP contribution in [0.15, 0.2) is 52.1 Å². The smallest absolute Gasteiger partial charge is 0.0421 e. The van der Waals surface area contributed by atoms with Crippen LogP contribution in [0.4, 0.5) is 0 Å². The molecule has 1 nitrogen and oxygen atoms in total. The fourth-order valence-corrected chi connectivity index (χ4v) is 3.30. The SMILES string of the molecule is CNC(CSc1ccccc1)c1ccsc1. The van der Waals surface area contributed by atoms with Gasteiger partial charge in [0.25, 0.3) is 0 Å². The van der Waals surface area contributed by atoms with Gasteiger partial charge in [0.05, 0.1) is 0 Å². The van der Waals surface area contributed by atoms with Gasteiger partial charge in [-0.25, -0.2) is 0 Å². The van der Waals surface area contributed by atoms with Crippen LogP contribution in [0.2, 0.25) is 0 Å². The first kappa shape index (κ1) is 11.7. The summed E-state index contributed by atoms with van der Waals surface area (Å²) < 4.78 is 0. The molecular weight excluding hydrogens is 234 g/mol. The second-order valence-corrected chi connectivity index (χ2v) is 5.40. The van der Waals surface area contributed by atoms with Crippen LogP contribution in [-0.2, 0) is 0 Å². The average molecular weight is 249 g/mol. The first-order valence-corrected chi connectivity index (χ1v) is 7.20. The van der Waals surface area contributed by atoms with Crippen LogP contribution >= 0.6 is 23.1 Å². The third-order valence-electron chi connectivity index (χ3n) is 2.45. The van der Waals surface area contributed by atoms with Gasteiger partial charge in [0.1, 0.15) is 0 Å². The lowest BCUT2D eigenvalue weighted by atomic mass is 10.2. The first-order valence-electron chi connectivity index (χ1n) is 5.27. The van der Waals surface area contributed by atoms with E-state index in [2.05, 4.69) is 52.5 Å². The lowest BCUT2D eigenvalue weighted by Crippen LogP contribution is -2.17. The Morgan fingerprint density at radius 2 is 2.06 bits per heavy atom. The molecule has 2 aromatic rings. The quantitative estimate of drug-likeness (QED) is 0.809. The van der Waals surface area contributed by atoms with Crippen molar-refractivity contribution in [3.05, 3.63) is 52.7 Å². The average Bonchev–Trinajstić information content (AvgIpc) is 2.85. The zero-order chi connectivity index (χ0) is 11.2. The maximum absolute atomic E-state index is 3.36. The van der Waals surface area contributed by atoms with Crippen molar-refractivity contribution >= 4 is 23.1 Å². The van der Waals surface area contributed by atoms with Crippen LogP contribution in [0.5, 0.6) is 0 Å². The summed E-state index contributed by atoms with van der Waals surface area (Å²) in [4.78, 5) is 1.33. The number of rotatable bonds is 5. The summed E-state index contributed by atoms with van der Waals surface area (Å²) in [7, 11) is 2.02. The summed E-state index contributed by atoms with van der Waals surface area (Å²) in [6.45, 7) is 0. The summed E-state index contributed by atoms with van der Waals surface area (Å²) >= 11 is 3.65. The van der Waals surface area contributed by atoms with Crippen molar-refractivity contribution in [2.45, 2.75) is 10.9 Å². The summed E-state index contributed by atoms with van der Waals surface area (Å²) in [5, 5.41) is 7.71. The van der Waals surface area contributed by atoms with Crippen LogP contribution in [0, 0.1) is 0 Å². The molecule has 16 heavy (non-hydrogen) atoms. The normalized spacial score (nSPS) is 12.6. The lowest BCUT2D eigenvalue weighted by Gasteiger charge is -2.14. The van der Waals surface area contributed by atoms with Gasteiger partial charge in [0.2, 0.25) is 0 Å². The molecule has 1 N–H and O–H groups in total. The molecule has 84 valence electrons. The highest BCUT2D eigenvalue weighted by atomic mass is 32.2. The molecular formula is C13H15NS2. The second kappa shape index (κ2) is 6.09. The van der Waals surface area contributed by atoms with E-state index >= 15 is 0 Å². The topological polar surface area (TPSA) is 12.0 Å². The highest BCUT2D eigenvalue weighted by Gasteiger charge is 2.09. The van der Waals surface area contributed by atoms with Gasteiger partial charge in [-0.3, -0.25) is 0 Å². The van der Waals surface area contributed by atoms with E-state index in [1.54, 1.807) is 11.3 Å². The summed E-state index contributed by atoms with van der Waals surface area (Å²) in [6, 6.07) is 13.2. The Balaban J connectivity index is 1.94. The van der Waals surface area contributed by atoms with Crippen molar-refractivity contribution in [3.63, 3.8) is 0 Å². The Hall–Kier alpha value is -0.770. The third-order valence-corrected chi connectivity index (χ3v) is 4.26. The zero-order valence-electron chi connectivity index (χ0n) is 9.22. The Morgan fingerprint density at radius 3 is 2.69 bits per heavy atom. The summed E-state index contributed by atoms with van der Waals surface area (Å²) in [5.74, 6) is 1.07. The van der Waals surface area contributed by atoms with Gasteiger partial charge >= 0.3 is 0 Å². The molecule has 0 saturated heterocycles. The molecule has 2 rings (SSSR count). The molecule has 0 spiro atoms. The van der Waals surface area contributed by atoms with Crippen molar-refractivity contribution < 1.29 is 0 Å². The molecule has 1 atom stereocenters. The Kier molecular flexibility index (Phi) is 4.45. The number of thiophene rings is 1. The number of hydrogen-bond donors (Lipinski definition) is 1. The number of benzene rings is 1. The van der Waals surface area contributed by atoms with Crippen molar-refractivity contribution in [1.82, 2.24) is 5.32 Å². The van der Waals surface area contributed by atoms with Gasteiger partial charge in [0, 0.05) is 16.7 Å². The Labute approximate surface area is 105 Å². The zero-order valence-corrected chi connectivity index (χ0v) is 10.9. The molecule has 1 aromatic heterocycles. The first-order chi connectivity index (χ1) is 7.90. The van der Waals surface area contributed by atoms with Crippen molar-refractivity contribution in [2.24, 2.45) is 0 Å². The lowest BCUT2D eigenvalue weighted by molar-refractivity contribution is 0.664. The van der Waals surface area contributed by atoms with E-state index in [0.717, 1.165) is 5.75 Å². The van der Waals surface area contributed by atoms with E-state index in [-0.39, 0.29) is 0 Å². The molecule has 0 fully saturated rings. The minimum Gasteiger partial charge on any atom is -0.312 e. The van der Waals surface area contributed by atoms with E-state index in [4.69, 9.17) is 0 Å². The molecule has 1 aromatic carbocycles. The molecule has 1 heterocycles. The van der Waals surface area contributed by atoms with E-state index in [1.807, 2.05) is 18.8 Å². The van der Waals surface area contributed by atoms with Crippen LogP contribution in [0.3, 0.4) is 0 Å². The predicted octanol–water partition coefficient (Wildman–Crippen LogP) is 3.80. The number of hydrogen-bond acceptors (Lipinski definition) is 3. The van der Waals surface area contributed by atoms with Gasteiger partial charge in [-0.2, -0.15) is 11.3 Å². The second-order valence-electron chi connectivity index (χ2n) is 3.52. The molecule has 0 radical (unpaired) electrons. The molecule has 0 aliphatic heterocycles. The summed E-state index contributed by atoms with van der Waals surface area (Å²) in [5.41, 5.74) is 1.39. The minimum atomic E-state index is 0.441. The van der Waals surface area contributed by atoms with Crippen LogP contribution < -0.4 is 5.32 Å². The maximum Gasteiger partial charge on any atom is 0.0421 e. The Morgan fingerprint density at radius 1 is 1.25 bits per heavy atom. The molecule has 0 aliphatic carbocycles. The van der Waals surface area contributed by atoms with E-state index in [1.165, 1.54) is 10.5 Å². The fourth-order valence-electron chi connectivity index (χ4n) is 1.52. The summed E-state index contributed by atoms with van der Waals surface area (Å²) in [6.07, 6.45) is 0. The largest absolute Gasteiger partial charge is 0.312 e. The van der Waals surface area contributed by atoms with Gasteiger partial charge in [0.15, 0.2) is 0 Å². The molecule has 0 aliphatic rings.